The van der Waals surface area contributed by atoms with Gasteiger partial charge in [0.1, 0.15) is 5.75 Å². The summed E-state index contributed by atoms with van der Waals surface area (Å²) in [5.41, 5.74) is 0.797. The molecule has 102 valence electrons. The van der Waals surface area contributed by atoms with Crippen LogP contribution in [0.25, 0.3) is 0 Å². The minimum Gasteiger partial charge on any atom is -0.495 e. The molecular weight excluding hydrogens is 244 g/mol. The predicted molar refractivity (Wildman–Crippen MR) is 71.7 cm³/mol. The maximum absolute atomic E-state index is 12.2. The van der Waals surface area contributed by atoms with Crippen LogP contribution in [0.2, 0.25) is 0 Å². The van der Waals surface area contributed by atoms with Gasteiger partial charge in [0.25, 0.3) is 5.91 Å². The van der Waals surface area contributed by atoms with Gasteiger partial charge in [0.15, 0.2) is 6.29 Å². The van der Waals surface area contributed by atoms with Gasteiger partial charge in [-0.2, -0.15) is 0 Å². The molecule has 0 aliphatic carbocycles. The molecule has 0 aromatic heterocycles. The smallest absolute Gasteiger partial charge is 0.255 e. The van der Waals surface area contributed by atoms with Crippen LogP contribution in [0.5, 0.6) is 5.75 Å². The highest BCUT2D eigenvalue weighted by molar-refractivity contribution is 5.99. The van der Waals surface area contributed by atoms with Gasteiger partial charge < -0.3 is 15.4 Å². The molecule has 0 atom stereocenters. The molecule has 0 radical (unpaired) electrons. The zero-order valence-corrected chi connectivity index (χ0v) is 10.9. The van der Waals surface area contributed by atoms with E-state index < -0.39 is 0 Å². The van der Waals surface area contributed by atoms with E-state index in [1.165, 1.54) is 7.11 Å². The van der Waals surface area contributed by atoms with Crippen LogP contribution in [0.15, 0.2) is 18.2 Å². The van der Waals surface area contributed by atoms with E-state index in [0.29, 0.717) is 23.2 Å². The number of carbonyl (C=O) groups is 2. The number of benzene rings is 1. The molecule has 1 amide bonds. The van der Waals surface area contributed by atoms with E-state index in [0.717, 1.165) is 25.9 Å². The molecule has 1 fully saturated rings. The number of amides is 1. The largest absolute Gasteiger partial charge is 0.495 e. The van der Waals surface area contributed by atoms with Gasteiger partial charge in [-0.1, -0.05) is 6.07 Å². The highest BCUT2D eigenvalue weighted by atomic mass is 16.5. The Labute approximate surface area is 112 Å². The van der Waals surface area contributed by atoms with Crippen molar-refractivity contribution in [2.45, 2.75) is 18.9 Å². The van der Waals surface area contributed by atoms with Crippen LogP contribution in [0.3, 0.4) is 0 Å². The number of hydrogen-bond donors (Lipinski definition) is 2. The summed E-state index contributed by atoms with van der Waals surface area (Å²) in [6.07, 6.45) is 2.53. The van der Waals surface area contributed by atoms with Crippen LogP contribution < -0.4 is 15.4 Å². The first-order valence-corrected chi connectivity index (χ1v) is 6.40. The zero-order valence-electron chi connectivity index (χ0n) is 10.9. The lowest BCUT2D eigenvalue weighted by Gasteiger charge is -2.24. The monoisotopic (exact) mass is 262 g/mol. The van der Waals surface area contributed by atoms with Crippen molar-refractivity contribution in [3.63, 3.8) is 0 Å². The molecule has 1 heterocycles. The number of hydrogen-bond acceptors (Lipinski definition) is 4. The van der Waals surface area contributed by atoms with Crippen molar-refractivity contribution in [3.05, 3.63) is 29.3 Å². The molecule has 0 spiro atoms. The number of methoxy groups -OCH3 is 1. The Hall–Kier alpha value is -1.88. The van der Waals surface area contributed by atoms with Gasteiger partial charge in [-0.15, -0.1) is 0 Å². The molecule has 1 aliphatic rings. The second kappa shape index (κ2) is 6.33. The Morgan fingerprint density at radius 2 is 2.16 bits per heavy atom. The van der Waals surface area contributed by atoms with Crippen LogP contribution in [0.4, 0.5) is 0 Å². The van der Waals surface area contributed by atoms with Crippen molar-refractivity contribution in [3.8, 4) is 5.75 Å². The maximum Gasteiger partial charge on any atom is 0.255 e. The molecule has 2 N–H and O–H groups in total. The van der Waals surface area contributed by atoms with Crippen LogP contribution >= 0.6 is 0 Å². The molecule has 2 rings (SSSR count). The third-order valence-corrected chi connectivity index (χ3v) is 3.30. The summed E-state index contributed by atoms with van der Waals surface area (Å²) in [6, 6.07) is 5.16. The minimum atomic E-state index is -0.188. The lowest BCUT2D eigenvalue weighted by molar-refractivity contribution is 0.0926. The highest BCUT2D eigenvalue weighted by Gasteiger charge is 2.20. The summed E-state index contributed by atoms with van der Waals surface area (Å²) in [6.45, 7) is 1.83. The van der Waals surface area contributed by atoms with Crippen LogP contribution in [-0.4, -0.2) is 38.4 Å². The van der Waals surface area contributed by atoms with Gasteiger partial charge in [-0.05, 0) is 38.1 Å². The van der Waals surface area contributed by atoms with E-state index in [4.69, 9.17) is 4.74 Å². The number of ether oxygens (including phenoxy) is 1. The minimum absolute atomic E-state index is 0.179. The summed E-state index contributed by atoms with van der Waals surface area (Å²) in [4.78, 5) is 23.2. The Morgan fingerprint density at radius 1 is 1.42 bits per heavy atom. The van der Waals surface area contributed by atoms with Gasteiger partial charge >= 0.3 is 0 Å². The fraction of sp³-hybridized carbons (Fsp3) is 0.429. The standard InChI is InChI=1S/C14H18N2O3/c1-19-13-10(9-17)3-2-4-12(13)14(18)16-11-5-7-15-8-6-11/h2-4,9,11,15H,5-8H2,1H3,(H,16,18). The summed E-state index contributed by atoms with van der Waals surface area (Å²) in [5.74, 6) is 0.149. The molecular formula is C14H18N2O3. The topological polar surface area (TPSA) is 67.4 Å². The molecule has 1 aromatic rings. The van der Waals surface area contributed by atoms with E-state index in [9.17, 15) is 9.59 Å². The summed E-state index contributed by atoms with van der Waals surface area (Å²) < 4.78 is 5.17. The van der Waals surface area contributed by atoms with Gasteiger partial charge in [0.2, 0.25) is 0 Å². The number of rotatable bonds is 4. The first-order valence-electron chi connectivity index (χ1n) is 6.40. The maximum atomic E-state index is 12.2. The van der Waals surface area contributed by atoms with Crippen LogP contribution in [0.1, 0.15) is 33.6 Å². The van der Waals surface area contributed by atoms with Gasteiger partial charge in [0, 0.05) is 6.04 Å². The molecule has 0 bridgehead atoms. The first-order chi connectivity index (χ1) is 9.26. The molecule has 5 nitrogen and oxygen atoms in total. The third-order valence-electron chi connectivity index (χ3n) is 3.30. The summed E-state index contributed by atoms with van der Waals surface area (Å²) >= 11 is 0. The van der Waals surface area contributed by atoms with Crippen molar-refractivity contribution >= 4 is 12.2 Å². The number of nitrogens with one attached hydrogen (secondary N) is 2. The van der Waals surface area contributed by atoms with Crippen LogP contribution in [0, 0.1) is 0 Å². The van der Waals surface area contributed by atoms with Gasteiger partial charge in [-0.25, -0.2) is 0 Å². The molecule has 19 heavy (non-hydrogen) atoms. The quantitative estimate of drug-likeness (QED) is 0.794. The number of piperidine rings is 1. The second-order valence-electron chi connectivity index (χ2n) is 4.54. The summed E-state index contributed by atoms with van der Waals surface area (Å²) in [5, 5.41) is 6.23. The second-order valence-corrected chi connectivity index (χ2v) is 4.54. The molecule has 1 aliphatic heterocycles. The van der Waals surface area contributed by atoms with Gasteiger partial charge in [-0.3, -0.25) is 9.59 Å². The fourth-order valence-electron chi connectivity index (χ4n) is 2.28. The highest BCUT2D eigenvalue weighted by Crippen LogP contribution is 2.22. The fourth-order valence-corrected chi connectivity index (χ4v) is 2.28. The SMILES string of the molecule is COc1c(C=O)cccc1C(=O)NC1CCNCC1. The summed E-state index contributed by atoms with van der Waals surface area (Å²) in [7, 11) is 1.46. The third kappa shape index (κ3) is 3.12. The first kappa shape index (κ1) is 13.5. The molecule has 1 aromatic carbocycles. The van der Waals surface area contributed by atoms with Crippen molar-refractivity contribution in [1.29, 1.82) is 0 Å². The van der Waals surface area contributed by atoms with E-state index in [2.05, 4.69) is 10.6 Å². The normalized spacial score (nSPS) is 15.8. The van der Waals surface area contributed by atoms with Crippen molar-refractivity contribution in [2.24, 2.45) is 0 Å². The predicted octanol–water partition coefficient (Wildman–Crippen LogP) is 0.989. The Bertz CT molecular complexity index is 468. The molecule has 0 saturated carbocycles. The molecule has 5 heteroatoms. The van der Waals surface area contributed by atoms with E-state index in [1.807, 2.05) is 0 Å². The van der Waals surface area contributed by atoms with E-state index in [1.54, 1.807) is 18.2 Å². The Morgan fingerprint density at radius 3 is 2.79 bits per heavy atom. The van der Waals surface area contributed by atoms with Crippen molar-refractivity contribution in [2.75, 3.05) is 20.2 Å². The zero-order chi connectivity index (χ0) is 13.7. The number of aldehydes is 1. The van der Waals surface area contributed by atoms with E-state index in [-0.39, 0.29) is 11.9 Å². The Kier molecular flexibility index (Phi) is 4.52. The molecule has 0 unspecified atom stereocenters. The lowest BCUT2D eigenvalue weighted by Crippen LogP contribution is -2.42. The number of para-hydroxylation sites is 1. The lowest BCUT2D eigenvalue weighted by atomic mass is 10.0. The van der Waals surface area contributed by atoms with Crippen LogP contribution in [-0.2, 0) is 0 Å². The molecule has 1 saturated heterocycles. The average Bonchev–Trinajstić information content (AvgIpc) is 2.47. The number of carbonyl (C=O) groups excluding carboxylic acids is 2. The Balaban J connectivity index is 2.16. The van der Waals surface area contributed by atoms with Crippen molar-refractivity contribution < 1.29 is 14.3 Å². The van der Waals surface area contributed by atoms with Crippen molar-refractivity contribution in [1.82, 2.24) is 10.6 Å². The van der Waals surface area contributed by atoms with Gasteiger partial charge in [0.05, 0.1) is 18.2 Å². The van der Waals surface area contributed by atoms with E-state index >= 15 is 0 Å². The average molecular weight is 262 g/mol.